The van der Waals surface area contributed by atoms with Crippen LogP contribution in [0.2, 0.25) is 0 Å². The molecule has 1 saturated heterocycles. The Labute approximate surface area is 97.4 Å². The molecule has 1 aliphatic rings. The first-order valence-electron chi connectivity index (χ1n) is 5.47. The van der Waals surface area contributed by atoms with Gasteiger partial charge in [0.15, 0.2) is 0 Å². The Kier molecular flexibility index (Phi) is 4.91. The minimum Gasteiger partial charge on any atom is -0.377 e. The maximum Gasteiger partial charge on any atom is 0.277 e. The summed E-state index contributed by atoms with van der Waals surface area (Å²) >= 11 is 0. The van der Waals surface area contributed by atoms with Crippen molar-refractivity contribution in [2.45, 2.75) is 38.3 Å². The van der Waals surface area contributed by atoms with Gasteiger partial charge in [0.05, 0.1) is 6.10 Å². The number of hydrogen-bond donors (Lipinski definition) is 1. The molecule has 1 fully saturated rings. The Hall–Kier alpha value is -0.430. The summed E-state index contributed by atoms with van der Waals surface area (Å²) in [4.78, 5) is 0. The lowest BCUT2D eigenvalue weighted by molar-refractivity contribution is 0.0874. The van der Waals surface area contributed by atoms with Gasteiger partial charge in [0, 0.05) is 19.2 Å². The molecule has 0 aromatic heterocycles. The Morgan fingerprint density at radius 1 is 1.69 bits per heavy atom. The second-order valence-electron chi connectivity index (χ2n) is 4.12. The molecule has 0 aromatic carbocycles. The van der Waals surface area contributed by atoms with E-state index in [0.717, 1.165) is 12.8 Å². The molecule has 0 radical (unpaired) electrons. The van der Waals surface area contributed by atoms with Crippen LogP contribution in [0.3, 0.4) is 0 Å². The summed E-state index contributed by atoms with van der Waals surface area (Å²) in [5, 5.41) is 5.20. The molecule has 94 valence electrons. The zero-order valence-corrected chi connectivity index (χ0v) is 10.4. The van der Waals surface area contributed by atoms with Crippen molar-refractivity contribution in [3.05, 3.63) is 12.7 Å². The Balaban J connectivity index is 2.66. The number of ether oxygens (including phenoxy) is 1. The largest absolute Gasteiger partial charge is 0.377 e. The van der Waals surface area contributed by atoms with E-state index in [2.05, 4.69) is 6.58 Å². The first-order valence-corrected chi connectivity index (χ1v) is 6.97. The van der Waals surface area contributed by atoms with E-state index in [1.54, 1.807) is 6.08 Å². The van der Waals surface area contributed by atoms with E-state index in [4.69, 9.17) is 9.88 Å². The van der Waals surface area contributed by atoms with Crippen LogP contribution in [-0.4, -0.2) is 38.0 Å². The van der Waals surface area contributed by atoms with Gasteiger partial charge >= 0.3 is 0 Å². The van der Waals surface area contributed by atoms with Gasteiger partial charge < -0.3 is 4.74 Å². The maximum absolute atomic E-state index is 11.4. The quantitative estimate of drug-likeness (QED) is 0.701. The summed E-state index contributed by atoms with van der Waals surface area (Å²) in [5.74, 6) is 0. The van der Waals surface area contributed by atoms with Crippen LogP contribution in [0.15, 0.2) is 12.7 Å². The molecule has 2 atom stereocenters. The van der Waals surface area contributed by atoms with Gasteiger partial charge in [-0.15, -0.1) is 6.58 Å². The molecule has 2 N–H and O–H groups in total. The van der Waals surface area contributed by atoms with E-state index < -0.39 is 10.2 Å². The molecule has 0 amide bonds. The lowest BCUT2D eigenvalue weighted by atomic mass is 10.2. The summed E-state index contributed by atoms with van der Waals surface area (Å²) in [5.41, 5.74) is 0. The van der Waals surface area contributed by atoms with Crippen molar-refractivity contribution in [2.75, 3.05) is 13.2 Å². The summed E-state index contributed by atoms with van der Waals surface area (Å²) < 4.78 is 29.6. The third-order valence-corrected chi connectivity index (χ3v) is 3.90. The Morgan fingerprint density at radius 3 is 2.81 bits per heavy atom. The van der Waals surface area contributed by atoms with Crippen LogP contribution >= 0.6 is 0 Å². The lowest BCUT2D eigenvalue weighted by Gasteiger charge is -2.27. The topological polar surface area (TPSA) is 72.6 Å². The van der Waals surface area contributed by atoms with E-state index in [1.807, 2.05) is 6.92 Å². The third kappa shape index (κ3) is 3.86. The number of nitrogens with two attached hydrogens (primary N) is 1. The monoisotopic (exact) mass is 248 g/mol. The van der Waals surface area contributed by atoms with Crippen LogP contribution in [0, 0.1) is 0 Å². The van der Waals surface area contributed by atoms with Crippen LogP contribution in [0.5, 0.6) is 0 Å². The number of nitrogens with zero attached hydrogens (tertiary/aromatic N) is 1. The van der Waals surface area contributed by atoms with Gasteiger partial charge in [0.1, 0.15) is 0 Å². The zero-order valence-electron chi connectivity index (χ0n) is 9.63. The second kappa shape index (κ2) is 5.77. The summed E-state index contributed by atoms with van der Waals surface area (Å²) in [7, 11) is -3.67. The molecule has 0 spiro atoms. The fourth-order valence-electron chi connectivity index (χ4n) is 1.88. The lowest BCUT2D eigenvalue weighted by Crippen LogP contribution is -2.46. The van der Waals surface area contributed by atoms with Gasteiger partial charge in [0.25, 0.3) is 10.2 Å². The highest BCUT2D eigenvalue weighted by molar-refractivity contribution is 7.86. The molecule has 16 heavy (non-hydrogen) atoms. The molecule has 0 bridgehead atoms. The molecule has 0 aliphatic carbocycles. The van der Waals surface area contributed by atoms with Gasteiger partial charge in [-0.1, -0.05) is 6.08 Å². The predicted octanol–water partition coefficient (Wildman–Crippen LogP) is 0.636. The van der Waals surface area contributed by atoms with Crippen LogP contribution in [-0.2, 0) is 14.9 Å². The Morgan fingerprint density at radius 2 is 2.38 bits per heavy atom. The van der Waals surface area contributed by atoms with Gasteiger partial charge in [0.2, 0.25) is 0 Å². The summed E-state index contributed by atoms with van der Waals surface area (Å²) in [6, 6.07) is -0.170. The average molecular weight is 248 g/mol. The van der Waals surface area contributed by atoms with Crippen molar-refractivity contribution in [2.24, 2.45) is 5.14 Å². The fraction of sp³-hybridized carbons (Fsp3) is 0.800. The van der Waals surface area contributed by atoms with Crippen molar-refractivity contribution >= 4 is 10.2 Å². The van der Waals surface area contributed by atoms with E-state index in [1.165, 1.54) is 4.31 Å². The molecule has 5 nitrogen and oxygen atoms in total. The van der Waals surface area contributed by atoms with Crippen molar-refractivity contribution in [1.82, 2.24) is 4.31 Å². The Bertz CT molecular complexity index is 323. The molecular formula is C10H20N2O3S. The van der Waals surface area contributed by atoms with E-state index in [9.17, 15) is 8.42 Å². The molecule has 1 aliphatic heterocycles. The molecule has 1 heterocycles. The third-order valence-electron chi connectivity index (χ3n) is 2.73. The predicted molar refractivity (Wildman–Crippen MR) is 63.1 cm³/mol. The van der Waals surface area contributed by atoms with Gasteiger partial charge in [-0.3, -0.25) is 0 Å². The van der Waals surface area contributed by atoms with Crippen molar-refractivity contribution < 1.29 is 13.2 Å². The summed E-state index contributed by atoms with van der Waals surface area (Å²) in [6.45, 7) is 6.47. The van der Waals surface area contributed by atoms with E-state index in [-0.39, 0.29) is 12.1 Å². The molecule has 0 saturated carbocycles. The smallest absolute Gasteiger partial charge is 0.277 e. The highest BCUT2D eigenvalue weighted by atomic mass is 32.2. The first-order chi connectivity index (χ1) is 7.45. The highest BCUT2D eigenvalue weighted by Gasteiger charge is 2.28. The van der Waals surface area contributed by atoms with Crippen LogP contribution in [0.1, 0.15) is 26.2 Å². The summed E-state index contributed by atoms with van der Waals surface area (Å²) in [6.07, 6.45) is 4.14. The first kappa shape index (κ1) is 13.6. The highest BCUT2D eigenvalue weighted by Crippen LogP contribution is 2.17. The van der Waals surface area contributed by atoms with Gasteiger partial charge in [-0.2, -0.15) is 12.7 Å². The molecular weight excluding hydrogens is 228 g/mol. The standard InChI is InChI=1S/C10H20N2O3S/c1-3-5-9(2)12(16(11,13)14)8-10-6-4-7-15-10/h3,9-10H,1,4-8H2,2H3,(H2,11,13,14)/t9-,10+/m1/s1. The molecule has 0 aromatic rings. The van der Waals surface area contributed by atoms with Crippen molar-refractivity contribution in [3.63, 3.8) is 0 Å². The SMILES string of the molecule is C=CC[C@@H](C)N(C[C@@H]1CCCO1)S(N)(=O)=O. The minimum atomic E-state index is -3.67. The fourth-order valence-corrected chi connectivity index (χ4v) is 2.84. The van der Waals surface area contributed by atoms with E-state index in [0.29, 0.717) is 19.6 Å². The average Bonchev–Trinajstić information content (AvgIpc) is 2.64. The van der Waals surface area contributed by atoms with Gasteiger partial charge in [-0.05, 0) is 26.2 Å². The number of rotatable bonds is 6. The van der Waals surface area contributed by atoms with Crippen LogP contribution in [0.25, 0.3) is 0 Å². The van der Waals surface area contributed by atoms with Crippen LogP contribution in [0.4, 0.5) is 0 Å². The molecule has 6 heteroatoms. The van der Waals surface area contributed by atoms with Crippen LogP contribution < -0.4 is 5.14 Å². The van der Waals surface area contributed by atoms with E-state index >= 15 is 0 Å². The van der Waals surface area contributed by atoms with Gasteiger partial charge in [-0.25, -0.2) is 5.14 Å². The molecule has 1 rings (SSSR count). The molecule has 0 unspecified atom stereocenters. The zero-order chi connectivity index (χ0) is 12.2. The normalized spacial score (nSPS) is 23.6. The minimum absolute atomic E-state index is 0.0226. The second-order valence-corrected chi connectivity index (χ2v) is 5.62. The maximum atomic E-state index is 11.4. The van der Waals surface area contributed by atoms with Crippen molar-refractivity contribution in [1.29, 1.82) is 0 Å². The number of hydrogen-bond acceptors (Lipinski definition) is 3. The van der Waals surface area contributed by atoms with Crippen molar-refractivity contribution in [3.8, 4) is 0 Å².